The zero-order valence-electron chi connectivity index (χ0n) is 6.37. The topological polar surface area (TPSA) is 0 Å². The quantitative estimate of drug-likeness (QED) is 0.352. The van der Waals surface area contributed by atoms with Crippen LogP contribution in [0.5, 0.6) is 0 Å². The molecule has 0 nitrogen and oxygen atoms in total. The zero-order valence-corrected chi connectivity index (χ0v) is 7.94. The molecule has 0 fully saturated rings. The fourth-order valence-electron chi connectivity index (χ4n) is 0. The van der Waals surface area contributed by atoms with Gasteiger partial charge in [-0.3, -0.25) is 0 Å². The molecule has 0 rings (SSSR count). The molecule has 0 aromatic heterocycles. The summed E-state index contributed by atoms with van der Waals surface area (Å²) in [7, 11) is 0. The maximum Gasteiger partial charge on any atom is 2.00 e. The first kappa shape index (κ1) is 10.5. The standard InChI is InChI=1S/C4H9I.Mg.2H/c1-4(2)3-5;;;/h4H,3H2,1-2H3;;;/q;+2;2*-1. The molecule has 0 atom stereocenters. The van der Waals surface area contributed by atoms with Gasteiger partial charge in [0.05, 0.1) is 0 Å². The van der Waals surface area contributed by atoms with E-state index in [2.05, 4.69) is 36.4 Å². The van der Waals surface area contributed by atoms with Crippen molar-refractivity contribution >= 4 is 45.6 Å². The molecule has 0 heterocycles. The van der Waals surface area contributed by atoms with Crippen LogP contribution < -0.4 is 0 Å². The van der Waals surface area contributed by atoms with E-state index >= 15 is 0 Å². The van der Waals surface area contributed by atoms with Gasteiger partial charge in [-0.1, -0.05) is 36.4 Å². The van der Waals surface area contributed by atoms with E-state index in [1.807, 2.05) is 0 Å². The summed E-state index contributed by atoms with van der Waals surface area (Å²) in [6.07, 6.45) is 0. The first-order chi connectivity index (χ1) is 2.27. The zero-order chi connectivity index (χ0) is 4.28. The van der Waals surface area contributed by atoms with Crippen LogP contribution in [0.2, 0.25) is 0 Å². The molecule has 0 aromatic carbocycles. The molecule has 2 heteroatoms. The van der Waals surface area contributed by atoms with Crippen molar-refractivity contribution in [3.63, 3.8) is 0 Å². The van der Waals surface area contributed by atoms with Crippen molar-refractivity contribution in [3.05, 3.63) is 0 Å². The number of alkyl halides is 1. The summed E-state index contributed by atoms with van der Waals surface area (Å²) in [4.78, 5) is 0. The largest absolute Gasteiger partial charge is 2.00 e. The molecule has 0 aliphatic carbocycles. The predicted molar refractivity (Wildman–Crippen MR) is 41.7 cm³/mol. The maximum atomic E-state index is 2.38. The van der Waals surface area contributed by atoms with Crippen molar-refractivity contribution in [2.45, 2.75) is 13.8 Å². The Hall–Kier alpha value is 1.50. The Balaban J connectivity index is -0.0000000267. The molecule has 0 bridgehead atoms. The second-order valence-electron chi connectivity index (χ2n) is 1.55. The molecular weight excluding hydrogens is 199 g/mol. The Labute approximate surface area is 72.3 Å². The van der Waals surface area contributed by atoms with E-state index in [-0.39, 0.29) is 25.9 Å². The monoisotopic (exact) mass is 210 g/mol. The third-order valence-electron chi connectivity index (χ3n) is 0.309. The summed E-state index contributed by atoms with van der Waals surface area (Å²) in [5.41, 5.74) is 0. The third-order valence-corrected chi connectivity index (χ3v) is 2.07. The second-order valence-corrected chi connectivity index (χ2v) is 2.43. The van der Waals surface area contributed by atoms with Crippen LogP contribution in [0.1, 0.15) is 16.7 Å². The molecule has 0 saturated heterocycles. The number of hydrogen-bond donors (Lipinski definition) is 0. The van der Waals surface area contributed by atoms with Gasteiger partial charge in [0.15, 0.2) is 0 Å². The molecule has 0 amide bonds. The molecule has 0 N–H and O–H groups in total. The maximum absolute atomic E-state index is 2.38. The van der Waals surface area contributed by atoms with Gasteiger partial charge < -0.3 is 2.85 Å². The van der Waals surface area contributed by atoms with E-state index in [0.29, 0.717) is 0 Å². The predicted octanol–water partition coefficient (Wildman–Crippen LogP) is 1.92. The van der Waals surface area contributed by atoms with E-state index < -0.39 is 0 Å². The number of rotatable bonds is 1. The third kappa shape index (κ3) is 9.09. The summed E-state index contributed by atoms with van der Waals surface area (Å²) < 4.78 is 1.28. The van der Waals surface area contributed by atoms with E-state index in [9.17, 15) is 0 Å². The average molecular weight is 210 g/mol. The van der Waals surface area contributed by atoms with Gasteiger partial charge in [0.25, 0.3) is 0 Å². The van der Waals surface area contributed by atoms with Gasteiger partial charge in [-0.15, -0.1) is 0 Å². The summed E-state index contributed by atoms with van der Waals surface area (Å²) in [5, 5.41) is 0. The van der Waals surface area contributed by atoms with Gasteiger partial charge in [0.2, 0.25) is 0 Å². The van der Waals surface area contributed by atoms with Crippen molar-refractivity contribution in [3.8, 4) is 0 Å². The van der Waals surface area contributed by atoms with Crippen molar-refractivity contribution in [1.29, 1.82) is 0 Å². The number of halogens is 1. The molecule has 36 valence electrons. The average Bonchev–Trinajstić information content (AvgIpc) is 1.38. The van der Waals surface area contributed by atoms with E-state index in [0.717, 1.165) is 5.92 Å². The second kappa shape index (κ2) is 6.50. The number of hydrogen-bond acceptors (Lipinski definition) is 0. The van der Waals surface area contributed by atoms with Gasteiger partial charge >= 0.3 is 23.1 Å². The Morgan fingerprint density at radius 1 is 1.67 bits per heavy atom. The molecular formula is C4H11IMg. The molecule has 0 unspecified atom stereocenters. The van der Waals surface area contributed by atoms with Gasteiger partial charge in [0, 0.05) is 4.43 Å². The van der Waals surface area contributed by atoms with E-state index in [4.69, 9.17) is 0 Å². The summed E-state index contributed by atoms with van der Waals surface area (Å²) in [5.74, 6) is 0.871. The SMILES string of the molecule is CC(C)CI.[H-].[H-].[Mg+2]. The molecule has 0 spiro atoms. The minimum atomic E-state index is 0. The van der Waals surface area contributed by atoms with Gasteiger partial charge in [0.1, 0.15) is 0 Å². The smallest absolute Gasteiger partial charge is 1.00 e. The van der Waals surface area contributed by atoms with Crippen LogP contribution in [0.3, 0.4) is 0 Å². The van der Waals surface area contributed by atoms with Crippen molar-refractivity contribution < 1.29 is 2.85 Å². The Bertz CT molecular complexity index is 28.0. The van der Waals surface area contributed by atoms with Gasteiger partial charge in [-0.05, 0) is 5.92 Å². The van der Waals surface area contributed by atoms with Crippen LogP contribution in [-0.2, 0) is 0 Å². The fourth-order valence-corrected chi connectivity index (χ4v) is 0. The van der Waals surface area contributed by atoms with Crippen LogP contribution in [0.25, 0.3) is 0 Å². The van der Waals surface area contributed by atoms with Crippen LogP contribution in [0, 0.1) is 5.92 Å². The Morgan fingerprint density at radius 2 is 1.83 bits per heavy atom. The van der Waals surface area contributed by atoms with Crippen molar-refractivity contribution in [2.75, 3.05) is 4.43 Å². The normalized spacial score (nSPS) is 8.00. The van der Waals surface area contributed by atoms with Crippen LogP contribution in [0.15, 0.2) is 0 Å². The fraction of sp³-hybridized carbons (Fsp3) is 1.00. The van der Waals surface area contributed by atoms with E-state index in [1.54, 1.807) is 0 Å². The minimum absolute atomic E-state index is 0. The first-order valence-electron chi connectivity index (χ1n) is 1.83. The first-order valence-corrected chi connectivity index (χ1v) is 3.36. The van der Waals surface area contributed by atoms with Crippen LogP contribution in [0.4, 0.5) is 0 Å². The molecule has 0 saturated carbocycles. The molecule has 0 radical (unpaired) electrons. The Kier molecular flexibility index (Phi) is 11.3. The van der Waals surface area contributed by atoms with Crippen LogP contribution in [-0.4, -0.2) is 27.5 Å². The van der Waals surface area contributed by atoms with Crippen molar-refractivity contribution in [2.24, 2.45) is 5.92 Å². The molecule has 6 heavy (non-hydrogen) atoms. The molecule has 0 aromatic rings. The summed E-state index contributed by atoms with van der Waals surface area (Å²) in [6.45, 7) is 4.43. The van der Waals surface area contributed by atoms with Gasteiger partial charge in [-0.2, -0.15) is 0 Å². The van der Waals surface area contributed by atoms with E-state index in [1.165, 1.54) is 4.43 Å². The van der Waals surface area contributed by atoms with Gasteiger partial charge in [-0.25, -0.2) is 0 Å². The Morgan fingerprint density at radius 3 is 1.83 bits per heavy atom. The molecule has 0 aliphatic rings. The minimum Gasteiger partial charge on any atom is -1.00 e. The van der Waals surface area contributed by atoms with Crippen LogP contribution >= 0.6 is 22.6 Å². The summed E-state index contributed by atoms with van der Waals surface area (Å²) in [6, 6.07) is 0. The summed E-state index contributed by atoms with van der Waals surface area (Å²) >= 11 is 2.38. The molecule has 0 aliphatic heterocycles. The van der Waals surface area contributed by atoms with Crippen molar-refractivity contribution in [1.82, 2.24) is 0 Å².